The second kappa shape index (κ2) is 4.28. The van der Waals surface area contributed by atoms with Crippen LogP contribution in [0.15, 0.2) is 27.6 Å². The molecule has 0 radical (unpaired) electrons. The minimum atomic E-state index is -4.85. The zero-order chi connectivity index (χ0) is 11.6. The van der Waals surface area contributed by atoms with Crippen LogP contribution >= 0.6 is 15.9 Å². The van der Waals surface area contributed by atoms with Crippen LogP contribution in [0.4, 0.5) is 3.89 Å². The fraction of sp³-hybridized carbons (Fsp3) is 0.125. The molecule has 0 spiro atoms. The molecule has 1 rings (SSSR count). The highest BCUT2D eigenvalue weighted by atomic mass is 79.9. The van der Waals surface area contributed by atoms with Crippen molar-refractivity contribution in [1.29, 1.82) is 0 Å². The van der Waals surface area contributed by atoms with Crippen molar-refractivity contribution in [2.75, 3.05) is 7.11 Å². The number of carbonyl (C=O) groups excluding carboxylic acids is 1. The van der Waals surface area contributed by atoms with Gasteiger partial charge in [-0.3, -0.25) is 0 Å². The third-order valence-corrected chi connectivity index (χ3v) is 3.61. The average molecular weight is 297 g/mol. The number of rotatable bonds is 2. The summed E-state index contributed by atoms with van der Waals surface area (Å²) in [5.41, 5.74) is -0.0452. The molecule has 0 aliphatic heterocycles. The molecular weight excluding hydrogens is 291 g/mol. The smallest absolute Gasteiger partial charge is 0.339 e. The van der Waals surface area contributed by atoms with E-state index >= 15 is 0 Å². The van der Waals surface area contributed by atoms with E-state index in [0.717, 1.165) is 13.2 Å². The van der Waals surface area contributed by atoms with E-state index in [9.17, 15) is 17.1 Å². The standard InChI is InChI=1S/C8H6BrFO4S/c1-14-8(11)5-3-2-4-6(7(5)9)15(10,12)13/h2-4H,1H3. The highest BCUT2D eigenvalue weighted by molar-refractivity contribution is 9.10. The summed E-state index contributed by atoms with van der Waals surface area (Å²) in [4.78, 5) is 10.6. The van der Waals surface area contributed by atoms with E-state index in [2.05, 4.69) is 20.7 Å². The molecule has 0 saturated heterocycles. The van der Waals surface area contributed by atoms with E-state index in [0.29, 0.717) is 0 Å². The van der Waals surface area contributed by atoms with Crippen LogP contribution < -0.4 is 0 Å². The topological polar surface area (TPSA) is 60.4 Å². The largest absolute Gasteiger partial charge is 0.465 e. The Labute approximate surface area is 94.4 Å². The Bertz CT molecular complexity index is 497. The molecule has 0 bridgehead atoms. The lowest BCUT2D eigenvalue weighted by Gasteiger charge is -2.04. The molecule has 15 heavy (non-hydrogen) atoms. The Hall–Kier alpha value is -0.950. The molecule has 82 valence electrons. The molecule has 0 saturated carbocycles. The quantitative estimate of drug-likeness (QED) is 0.618. The van der Waals surface area contributed by atoms with Crippen molar-refractivity contribution < 1.29 is 21.8 Å². The van der Waals surface area contributed by atoms with E-state index in [1.54, 1.807) is 0 Å². The molecule has 1 aromatic carbocycles. The molecule has 0 atom stereocenters. The van der Waals surface area contributed by atoms with Gasteiger partial charge in [-0.2, -0.15) is 8.42 Å². The number of methoxy groups -OCH3 is 1. The first-order valence-corrected chi connectivity index (χ1v) is 5.87. The van der Waals surface area contributed by atoms with E-state index in [-0.39, 0.29) is 10.0 Å². The van der Waals surface area contributed by atoms with Gasteiger partial charge in [-0.15, -0.1) is 3.89 Å². The zero-order valence-corrected chi connectivity index (χ0v) is 9.93. The van der Waals surface area contributed by atoms with Gasteiger partial charge >= 0.3 is 16.2 Å². The fourth-order valence-corrected chi connectivity index (χ4v) is 2.54. The first-order chi connectivity index (χ1) is 6.88. The minimum absolute atomic E-state index is 0.0452. The molecule has 0 N–H and O–H groups in total. The van der Waals surface area contributed by atoms with Gasteiger partial charge in [0.05, 0.1) is 17.1 Å². The number of hydrogen-bond donors (Lipinski definition) is 0. The van der Waals surface area contributed by atoms with Crippen molar-refractivity contribution >= 4 is 32.1 Å². The Balaban J connectivity index is 3.43. The Kier molecular flexibility index (Phi) is 3.46. The van der Waals surface area contributed by atoms with Gasteiger partial charge in [0.2, 0.25) is 0 Å². The number of carbonyl (C=O) groups is 1. The van der Waals surface area contributed by atoms with Crippen LogP contribution in [0.1, 0.15) is 10.4 Å². The second-order valence-corrected chi connectivity index (χ2v) is 4.66. The lowest BCUT2D eigenvalue weighted by Crippen LogP contribution is -2.05. The molecule has 0 fully saturated rings. The van der Waals surface area contributed by atoms with Gasteiger partial charge in [0.15, 0.2) is 0 Å². The van der Waals surface area contributed by atoms with E-state index in [1.165, 1.54) is 12.1 Å². The maximum absolute atomic E-state index is 12.7. The van der Waals surface area contributed by atoms with Gasteiger partial charge in [-0.25, -0.2) is 4.79 Å². The summed E-state index contributed by atoms with van der Waals surface area (Å²) >= 11 is 2.84. The lowest BCUT2D eigenvalue weighted by molar-refractivity contribution is 0.0599. The Morgan fingerprint density at radius 3 is 2.53 bits per heavy atom. The van der Waals surface area contributed by atoms with Crippen molar-refractivity contribution in [2.24, 2.45) is 0 Å². The van der Waals surface area contributed by atoms with Crippen LogP contribution in [-0.2, 0) is 15.0 Å². The fourth-order valence-electron chi connectivity index (χ4n) is 0.967. The maximum atomic E-state index is 12.7. The second-order valence-electron chi connectivity index (χ2n) is 2.55. The summed E-state index contributed by atoms with van der Waals surface area (Å²) < 4.78 is 38.3. The highest BCUT2D eigenvalue weighted by Crippen LogP contribution is 2.27. The van der Waals surface area contributed by atoms with Crippen LogP contribution in [0.3, 0.4) is 0 Å². The molecule has 0 aromatic heterocycles. The SMILES string of the molecule is COC(=O)c1cccc(S(=O)(=O)F)c1Br. The van der Waals surface area contributed by atoms with Crippen LogP contribution in [-0.4, -0.2) is 21.5 Å². The highest BCUT2D eigenvalue weighted by Gasteiger charge is 2.21. The first-order valence-electron chi connectivity index (χ1n) is 3.69. The van der Waals surface area contributed by atoms with E-state index in [1.807, 2.05) is 0 Å². The zero-order valence-electron chi connectivity index (χ0n) is 7.53. The molecule has 0 aliphatic rings. The van der Waals surface area contributed by atoms with Gasteiger partial charge < -0.3 is 4.74 Å². The first kappa shape index (κ1) is 12.1. The maximum Gasteiger partial charge on any atom is 0.339 e. The molecule has 0 aliphatic carbocycles. The summed E-state index contributed by atoms with van der Waals surface area (Å²) in [5.74, 6) is -0.743. The van der Waals surface area contributed by atoms with Crippen molar-refractivity contribution in [2.45, 2.75) is 4.90 Å². The van der Waals surface area contributed by atoms with Crippen molar-refractivity contribution in [3.8, 4) is 0 Å². The molecular formula is C8H6BrFO4S. The third-order valence-electron chi connectivity index (χ3n) is 1.63. The predicted molar refractivity (Wildman–Crippen MR) is 53.8 cm³/mol. The summed E-state index contributed by atoms with van der Waals surface area (Å²) in [6.07, 6.45) is 0. The van der Waals surface area contributed by atoms with Gasteiger partial charge in [-0.1, -0.05) is 6.07 Å². The van der Waals surface area contributed by atoms with Crippen LogP contribution in [0.5, 0.6) is 0 Å². The predicted octanol–water partition coefficient (Wildman–Crippen LogP) is 1.89. The number of ether oxygens (including phenoxy) is 1. The number of benzene rings is 1. The minimum Gasteiger partial charge on any atom is -0.465 e. The summed E-state index contributed by atoms with van der Waals surface area (Å²) in [6, 6.07) is 3.62. The van der Waals surface area contributed by atoms with E-state index < -0.39 is 21.1 Å². The molecule has 0 amide bonds. The number of esters is 1. The van der Waals surface area contributed by atoms with Crippen LogP contribution in [0.2, 0.25) is 0 Å². The normalized spacial score (nSPS) is 11.1. The van der Waals surface area contributed by atoms with Gasteiger partial charge in [0.25, 0.3) is 0 Å². The van der Waals surface area contributed by atoms with Crippen molar-refractivity contribution in [3.63, 3.8) is 0 Å². The van der Waals surface area contributed by atoms with Gasteiger partial charge in [0.1, 0.15) is 4.90 Å². The molecule has 7 heteroatoms. The molecule has 0 unspecified atom stereocenters. The number of halogens is 2. The lowest BCUT2D eigenvalue weighted by atomic mass is 10.2. The van der Waals surface area contributed by atoms with Crippen LogP contribution in [0, 0.1) is 0 Å². The van der Waals surface area contributed by atoms with Crippen molar-refractivity contribution in [1.82, 2.24) is 0 Å². The monoisotopic (exact) mass is 296 g/mol. The average Bonchev–Trinajstić information content (AvgIpc) is 2.15. The van der Waals surface area contributed by atoms with Gasteiger partial charge in [-0.05, 0) is 28.1 Å². The number of hydrogen-bond acceptors (Lipinski definition) is 4. The Morgan fingerprint density at radius 1 is 1.47 bits per heavy atom. The van der Waals surface area contributed by atoms with Crippen molar-refractivity contribution in [3.05, 3.63) is 28.2 Å². The van der Waals surface area contributed by atoms with Crippen LogP contribution in [0.25, 0.3) is 0 Å². The summed E-state index contributed by atoms with van der Waals surface area (Å²) in [5, 5.41) is 0. The third kappa shape index (κ3) is 2.54. The summed E-state index contributed by atoms with van der Waals surface area (Å²) in [6.45, 7) is 0. The molecule has 4 nitrogen and oxygen atoms in total. The Morgan fingerprint density at radius 2 is 2.07 bits per heavy atom. The molecule has 0 heterocycles. The van der Waals surface area contributed by atoms with Gasteiger partial charge in [0, 0.05) is 0 Å². The molecule has 1 aromatic rings. The summed E-state index contributed by atoms with van der Waals surface area (Å²) in [7, 11) is -3.71. The van der Waals surface area contributed by atoms with E-state index in [4.69, 9.17) is 0 Å².